The number of anilines is 3. The maximum atomic E-state index is 13.2. The Morgan fingerprint density at radius 1 is 1.03 bits per heavy atom. The minimum absolute atomic E-state index is 0.0663. The first-order valence-corrected chi connectivity index (χ1v) is 8.97. The normalized spacial score (nSPS) is 14.4. The molecule has 3 rings (SSSR count). The highest BCUT2D eigenvalue weighted by Crippen LogP contribution is 2.36. The van der Waals surface area contributed by atoms with E-state index in [0.717, 1.165) is 12.1 Å². The quantitative estimate of drug-likeness (QED) is 0.810. The summed E-state index contributed by atoms with van der Waals surface area (Å²) < 4.78 is 44.9. The molecule has 9 heteroatoms. The van der Waals surface area contributed by atoms with Gasteiger partial charge in [0.25, 0.3) is 5.91 Å². The van der Waals surface area contributed by atoms with Crippen molar-refractivity contribution < 1.29 is 27.5 Å². The van der Waals surface area contributed by atoms with Crippen molar-refractivity contribution in [3.8, 4) is 0 Å². The Hall–Kier alpha value is -3.07. The van der Waals surface area contributed by atoms with E-state index in [9.17, 15) is 22.8 Å². The number of hydrogen-bond donors (Lipinski definition) is 2. The van der Waals surface area contributed by atoms with Crippen LogP contribution in [0.4, 0.5) is 30.2 Å². The Balaban J connectivity index is 1.91. The molecule has 0 aromatic heterocycles. The highest BCUT2D eigenvalue weighted by atomic mass is 19.4. The van der Waals surface area contributed by atoms with Crippen molar-refractivity contribution in [2.24, 2.45) is 0 Å². The predicted molar refractivity (Wildman–Crippen MR) is 103 cm³/mol. The first-order valence-electron chi connectivity index (χ1n) is 8.97. The van der Waals surface area contributed by atoms with Crippen LogP contribution in [0.5, 0.6) is 0 Å². The van der Waals surface area contributed by atoms with Gasteiger partial charge in [0, 0.05) is 31.3 Å². The molecule has 1 aliphatic heterocycles. The number of nitrogens with one attached hydrogen (secondary N) is 2. The molecular formula is C20H20F3N3O3. The highest BCUT2D eigenvalue weighted by molar-refractivity contribution is 6.07. The summed E-state index contributed by atoms with van der Waals surface area (Å²) in [5, 5.41) is 5.15. The maximum absolute atomic E-state index is 13.2. The molecule has 2 aromatic carbocycles. The third kappa shape index (κ3) is 5.26. The zero-order valence-corrected chi connectivity index (χ0v) is 15.7. The number of hydrogen-bond acceptors (Lipinski definition) is 4. The Morgan fingerprint density at radius 3 is 2.41 bits per heavy atom. The number of alkyl halides is 3. The number of halogens is 3. The fourth-order valence-electron chi connectivity index (χ4n) is 3.03. The van der Waals surface area contributed by atoms with Crippen LogP contribution in [0.2, 0.25) is 0 Å². The molecular weight excluding hydrogens is 387 g/mol. The lowest BCUT2D eigenvalue weighted by Crippen LogP contribution is -2.36. The van der Waals surface area contributed by atoms with Crippen molar-refractivity contribution in [1.29, 1.82) is 0 Å². The Labute approximate surface area is 165 Å². The summed E-state index contributed by atoms with van der Waals surface area (Å²) in [4.78, 5) is 25.8. The van der Waals surface area contributed by atoms with E-state index in [1.54, 1.807) is 12.1 Å². The minimum atomic E-state index is -4.53. The second kappa shape index (κ2) is 8.52. The molecule has 1 saturated heterocycles. The van der Waals surface area contributed by atoms with Gasteiger partial charge in [-0.25, -0.2) is 0 Å². The van der Waals surface area contributed by atoms with Crippen LogP contribution in [0.25, 0.3) is 0 Å². The standard InChI is InChI=1S/C20H20F3N3O3/c1-13(27)24-16-4-2-3-14(11-16)19(28)25-17-12-15(20(21,22)23)5-6-18(17)26-7-9-29-10-8-26/h2-6,11-12H,7-10H2,1H3,(H,24,27)(H,25,28). The van der Waals surface area contributed by atoms with Gasteiger partial charge in [-0.05, 0) is 36.4 Å². The van der Waals surface area contributed by atoms with Gasteiger partial charge in [-0.2, -0.15) is 13.2 Å². The number of amides is 2. The van der Waals surface area contributed by atoms with E-state index < -0.39 is 17.6 Å². The van der Waals surface area contributed by atoms with Crippen molar-refractivity contribution in [2.75, 3.05) is 41.8 Å². The van der Waals surface area contributed by atoms with Crippen LogP contribution < -0.4 is 15.5 Å². The summed E-state index contributed by atoms with van der Waals surface area (Å²) in [6.45, 7) is 3.25. The minimum Gasteiger partial charge on any atom is -0.378 e. The van der Waals surface area contributed by atoms with Crippen molar-refractivity contribution in [1.82, 2.24) is 0 Å². The molecule has 1 fully saturated rings. The fraction of sp³-hybridized carbons (Fsp3) is 0.300. The van der Waals surface area contributed by atoms with Gasteiger partial charge < -0.3 is 20.3 Å². The molecule has 0 bridgehead atoms. The van der Waals surface area contributed by atoms with Crippen molar-refractivity contribution in [3.05, 3.63) is 53.6 Å². The molecule has 154 valence electrons. The van der Waals surface area contributed by atoms with E-state index in [1.165, 1.54) is 25.1 Å². The summed E-state index contributed by atoms with van der Waals surface area (Å²) in [6, 6.07) is 9.45. The van der Waals surface area contributed by atoms with E-state index in [4.69, 9.17) is 4.74 Å². The Morgan fingerprint density at radius 2 is 1.76 bits per heavy atom. The number of rotatable bonds is 4. The average molecular weight is 407 g/mol. The molecule has 2 aromatic rings. The lowest BCUT2D eigenvalue weighted by atomic mass is 10.1. The van der Waals surface area contributed by atoms with Crippen LogP contribution in [0.3, 0.4) is 0 Å². The van der Waals surface area contributed by atoms with Gasteiger partial charge in [-0.1, -0.05) is 6.07 Å². The summed E-state index contributed by atoms with van der Waals surface area (Å²) in [5.41, 5.74) is 0.338. The number of morpholine rings is 1. The first kappa shape index (κ1) is 20.7. The monoisotopic (exact) mass is 407 g/mol. The van der Waals surface area contributed by atoms with Gasteiger partial charge in [0.1, 0.15) is 0 Å². The van der Waals surface area contributed by atoms with Gasteiger partial charge in [0.15, 0.2) is 0 Å². The summed E-state index contributed by atoms with van der Waals surface area (Å²) in [7, 11) is 0. The predicted octanol–water partition coefficient (Wildman–Crippen LogP) is 3.75. The van der Waals surface area contributed by atoms with Crippen LogP contribution in [-0.2, 0) is 15.7 Å². The molecule has 0 radical (unpaired) electrons. The zero-order chi connectivity index (χ0) is 21.0. The maximum Gasteiger partial charge on any atom is 0.416 e. The van der Waals surface area contributed by atoms with Crippen LogP contribution in [-0.4, -0.2) is 38.1 Å². The molecule has 0 spiro atoms. The van der Waals surface area contributed by atoms with E-state index >= 15 is 0 Å². The molecule has 2 N–H and O–H groups in total. The number of nitrogens with zero attached hydrogens (tertiary/aromatic N) is 1. The summed E-state index contributed by atoms with van der Waals surface area (Å²) in [6.07, 6.45) is -4.53. The average Bonchev–Trinajstić information content (AvgIpc) is 2.67. The smallest absolute Gasteiger partial charge is 0.378 e. The highest BCUT2D eigenvalue weighted by Gasteiger charge is 2.32. The number of carbonyl (C=O) groups excluding carboxylic acids is 2. The van der Waals surface area contributed by atoms with Gasteiger partial charge in [0.2, 0.25) is 5.91 Å². The molecule has 1 heterocycles. The van der Waals surface area contributed by atoms with Crippen LogP contribution >= 0.6 is 0 Å². The van der Waals surface area contributed by atoms with Gasteiger partial charge in [-0.3, -0.25) is 9.59 Å². The Kier molecular flexibility index (Phi) is 6.07. The molecule has 0 unspecified atom stereocenters. The molecule has 1 aliphatic rings. The first-order chi connectivity index (χ1) is 13.7. The largest absolute Gasteiger partial charge is 0.416 e. The van der Waals surface area contributed by atoms with E-state index in [-0.39, 0.29) is 17.2 Å². The van der Waals surface area contributed by atoms with E-state index in [0.29, 0.717) is 37.7 Å². The molecule has 0 atom stereocenters. The molecule has 0 aliphatic carbocycles. The fourth-order valence-corrected chi connectivity index (χ4v) is 3.03. The van der Waals surface area contributed by atoms with Crippen LogP contribution in [0, 0.1) is 0 Å². The molecule has 6 nitrogen and oxygen atoms in total. The van der Waals surface area contributed by atoms with Crippen molar-refractivity contribution >= 4 is 28.9 Å². The third-order valence-corrected chi connectivity index (χ3v) is 4.37. The topological polar surface area (TPSA) is 70.7 Å². The SMILES string of the molecule is CC(=O)Nc1cccc(C(=O)Nc2cc(C(F)(F)F)ccc2N2CCOCC2)c1. The number of benzene rings is 2. The van der Waals surface area contributed by atoms with Crippen molar-refractivity contribution in [3.63, 3.8) is 0 Å². The molecule has 0 saturated carbocycles. The zero-order valence-electron chi connectivity index (χ0n) is 15.7. The van der Waals surface area contributed by atoms with Gasteiger partial charge in [0.05, 0.1) is 30.2 Å². The number of ether oxygens (including phenoxy) is 1. The molecule has 2 amide bonds. The second-order valence-corrected chi connectivity index (χ2v) is 6.55. The van der Waals surface area contributed by atoms with E-state index in [2.05, 4.69) is 10.6 Å². The van der Waals surface area contributed by atoms with Gasteiger partial charge in [-0.15, -0.1) is 0 Å². The Bertz CT molecular complexity index is 909. The second-order valence-electron chi connectivity index (χ2n) is 6.55. The van der Waals surface area contributed by atoms with Crippen LogP contribution in [0.1, 0.15) is 22.8 Å². The molecule has 29 heavy (non-hydrogen) atoms. The summed E-state index contributed by atoms with van der Waals surface area (Å²) in [5.74, 6) is -0.874. The van der Waals surface area contributed by atoms with Crippen molar-refractivity contribution in [2.45, 2.75) is 13.1 Å². The summed E-state index contributed by atoms with van der Waals surface area (Å²) >= 11 is 0. The van der Waals surface area contributed by atoms with Crippen LogP contribution in [0.15, 0.2) is 42.5 Å². The lowest BCUT2D eigenvalue weighted by molar-refractivity contribution is -0.137. The lowest BCUT2D eigenvalue weighted by Gasteiger charge is -2.31. The van der Waals surface area contributed by atoms with E-state index in [1.807, 2.05) is 4.90 Å². The number of carbonyl (C=O) groups is 2. The third-order valence-electron chi connectivity index (χ3n) is 4.37. The van der Waals surface area contributed by atoms with Gasteiger partial charge >= 0.3 is 6.18 Å².